The molecular weight excluding hydrogens is 422 g/mol. The standard InChI is InChI=1S/C16H25NO2.C6H8O7/c1-4-15(14-10-8-7-9-11-14)16(18)19-13-12-17(5-2)6-3;7-3(8)1-6(13,5(11)12)2-4(9)10/h7-11,15H,4-6,12-13H2,1-3H3;13H,1-2H2,(H,7,8)(H,9,10)(H,11,12)/t15-;/m1./s1. The van der Waals surface area contributed by atoms with Crippen molar-refractivity contribution in [2.75, 3.05) is 26.2 Å². The predicted octanol–water partition coefficient (Wildman–Crippen LogP) is 1.82. The van der Waals surface area contributed by atoms with Crippen molar-refractivity contribution in [3.05, 3.63) is 35.9 Å². The summed E-state index contributed by atoms with van der Waals surface area (Å²) in [7, 11) is 0. The maximum Gasteiger partial charge on any atom is 0.336 e. The molecule has 0 unspecified atom stereocenters. The lowest BCUT2D eigenvalue weighted by Gasteiger charge is -2.19. The number of benzene rings is 1. The Kier molecular flexibility index (Phi) is 13.5. The Morgan fingerprint density at radius 3 is 1.81 bits per heavy atom. The molecule has 0 amide bonds. The van der Waals surface area contributed by atoms with E-state index in [2.05, 4.69) is 18.7 Å². The van der Waals surface area contributed by atoms with Gasteiger partial charge in [-0.15, -0.1) is 0 Å². The van der Waals surface area contributed by atoms with Gasteiger partial charge in [0, 0.05) is 6.54 Å². The highest BCUT2D eigenvalue weighted by molar-refractivity contribution is 5.88. The fourth-order valence-electron chi connectivity index (χ4n) is 2.85. The Morgan fingerprint density at radius 2 is 1.44 bits per heavy atom. The second-order valence-electron chi connectivity index (χ2n) is 7.04. The lowest BCUT2D eigenvalue weighted by molar-refractivity contribution is -0.170. The minimum atomic E-state index is -2.74. The molecule has 0 spiro atoms. The molecule has 180 valence electrons. The summed E-state index contributed by atoms with van der Waals surface area (Å²) in [6.45, 7) is 9.51. The van der Waals surface area contributed by atoms with E-state index >= 15 is 0 Å². The Hall–Kier alpha value is -2.98. The third kappa shape index (κ3) is 10.9. The molecule has 0 aromatic heterocycles. The number of carboxylic acids is 3. The van der Waals surface area contributed by atoms with Crippen molar-refractivity contribution in [3.8, 4) is 0 Å². The molecule has 4 N–H and O–H groups in total. The summed E-state index contributed by atoms with van der Waals surface area (Å²) in [5, 5.41) is 33.8. The second kappa shape index (κ2) is 14.9. The van der Waals surface area contributed by atoms with Crippen LogP contribution in [0, 0.1) is 0 Å². The number of likely N-dealkylation sites (N-methyl/N-ethyl adjacent to an activating group) is 1. The van der Waals surface area contributed by atoms with E-state index in [9.17, 15) is 19.2 Å². The van der Waals surface area contributed by atoms with Crippen molar-refractivity contribution in [2.24, 2.45) is 0 Å². The number of aliphatic carboxylic acids is 3. The van der Waals surface area contributed by atoms with Gasteiger partial charge in [-0.2, -0.15) is 0 Å². The van der Waals surface area contributed by atoms with Crippen molar-refractivity contribution < 1.29 is 44.3 Å². The van der Waals surface area contributed by atoms with Gasteiger partial charge in [0.15, 0.2) is 5.60 Å². The summed E-state index contributed by atoms with van der Waals surface area (Å²) >= 11 is 0. The van der Waals surface area contributed by atoms with E-state index in [-0.39, 0.29) is 11.9 Å². The zero-order valence-electron chi connectivity index (χ0n) is 18.7. The molecule has 0 aliphatic carbocycles. The number of rotatable bonds is 13. The number of ether oxygens (including phenoxy) is 1. The van der Waals surface area contributed by atoms with Crippen molar-refractivity contribution >= 4 is 23.9 Å². The number of carbonyl (C=O) groups excluding carboxylic acids is 1. The molecule has 0 fully saturated rings. The van der Waals surface area contributed by atoms with Gasteiger partial charge in [0.25, 0.3) is 0 Å². The van der Waals surface area contributed by atoms with Gasteiger partial charge < -0.3 is 30.1 Å². The van der Waals surface area contributed by atoms with Crippen LogP contribution in [0.25, 0.3) is 0 Å². The highest BCUT2D eigenvalue weighted by atomic mass is 16.5. The maximum absolute atomic E-state index is 12.1. The Balaban J connectivity index is 0.000000649. The summed E-state index contributed by atoms with van der Waals surface area (Å²) < 4.78 is 5.40. The second-order valence-corrected chi connectivity index (χ2v) is 7.04. The minimum Gasteiger partial charge on any atom is -0.481 e. The molecule has 0 aliphatic heterocycles. The van der Waals surface area contributed by atoms with Crippen LogP contribution < -0.4 is 0 Å². The fourth-order valence-corrected chi connectivity index (χ4v) is 2.85. The molecule has 1 atom stereocenters. The molecule has 0 saturated carbocycles. The van der Waals surface area contributed by atoms with Gasteiger partial charge in [0.05, 0.1) is 18.8 Å². The van der Waals surface area contributed by atoms with Gasteiger partial charge in [-0.1, -0.05) is 51.1 Å². The van der Waals surface area contributed by atoms with E-state index in [0.717, 1.165) is 31.6 Å². The molecule has 10 heteroatoms. The van der Waals surface area contributed by atoms with Gasteiger partial charge in [0.1, 0.15) is 6.61 Å². The van der Waals surface area contributed by atoms with Crippen LogP contribution in [0.1, 0.15) is 51.5 Å². The van der Waals surface area contributed by atoms with E-state index in [4.69, 9.17) is 25.2 Å². The number of nitrogens with zero attached hydrogens (tertiary/aromatic N) is 1. The van der Waals surface area contributed by atoms with Gasteiger partial charge in [-0.25, -0.2) is 4.79 Å². The third-order valence-electron chi connectivity index (χ3n) is 4.73. The SMILES string of the molecule is CC[C@@H](C(=O)OCCN(CC)CC)c1ccccc1.O=C(O)CC(O)(CC(=O)O)C(=O)O. The molecule has 0 bridgehead atoms. The van der Waals surface area contributed by atoms with E-state index < -0.39 is 36.4 Å². The Labute approximate surface area is 187 Å². The predicted molar refractivity (Wildman–Crippen MR) is 115 cm³/mol. The lowest BCUT2D eigenvalue weighted by atomic mass is 9.96. The summed E-state index contributed by atoms with van der Waals surface area (Å²) in [5.74, 6) is -5.27. The van der Waals surface area contributed by atoms with Crippen LogP contribution >= 0.6 is 0 Å². The molecule has 0 aliphatic rings. The smallest absolute Gasteiger partial charge is 0.336 e. The first-order valence-corrected chi connectivity index (χ1v) is 10.3. The van der Waals surface area contributed by atoms with Gasteiger partial charge in [-0.3, -0.25) is 14.4 Å². The van der Waals surface area contributed by atoms with Crippen molar-refractivity contribution in [3.63, 3.8) is 0 Å². The van der Waals surface area contributed by atoms with Crippen LogP contribution in [0.15, 0.2) is 30.3 Å². The van der Waals surface area contributed by atoms with Crippen LogP contribution in [-0.4, -0.2) is 81.0 Å². The zero-order chi connectivity index (χ0) is 24.7. The Bertz CT molecular complexity index is 716. The third-order valence-corrected chi connectivity index (χ3v) is 4.73. The van der Waals surface area contributed by atoms with Crippen LogP contribution in [0.3, 0.4) is 0 Å². The first-order chi connectivity index (χ1) is 15.0. The van der Waals surface area contributed by atoms with Crippen LogP contribution in [0.2, 0.25) is 0 Å². The first kappa shape index (κ1) is 29.0. The number of aliphatic hydroxyl groups is 1. The minimum absolute atomic E-state index is 0.110. The molecule has 0 radical (unpaired) electrons. The lowest BCUT2D eigenvalue weighted by Crippen LogP contribution is -2.42. The molecular formula is C22H33NO9. The van der Waals surface area contributed by atoms with Crippen LogP contribution in [0.4, 0.5) is 0 Å². The van der Waals surface area contributed by atoms with Crippen molar-refractivity contribution in [2.45, 2.75) is 51.6 Å². The number of carboxylic acid groups (broad SMARTS) is 3. The molecule has 1 rings (SSSR count). The van der Waals surface area contributed by atoms with E-state index in [1.54, 1.807) is 0 Å². The maximum atomic E-state index is 12.1. The average Bonchev–Trinajstić information content (AvgIpc) is 2.72. The summed E-state index contributed by atoms with van der Waals surface area (Å²) in [6.07, 6.45) is -1.52. The number of hydrogen-bond donors (Lipinski definition) is 4. The Morgan fingerprint density at radius 1 is 0.938 bits per heavy atom. The molecule has 32 heavy (non-hydrogen) atoms. The van der Waals surface area contributed by atoms with Crippen LogP contribution in [-0.2, 0) is 23.9 Å². The van der Waals surface area contributed by atoms with Crippen LogP contribution in [0.5, 0.6) is 0 Å². The topological polar surface area (TPSA) is 162 Å². The zero-order valence-corrected chi connectivity index (χ0v) is 18.7. The highest BCUT2D eigenvalue weighted by Gasteiger charge is 2.40. The van der Waals surface area contributed by atoms with Gasteiger partial charge in [-0.05, 0) is 25.1 Å². The quantitative estimate of drug-likeness (QED) is 0.323. The molecule has 0 heterocycles. The van der Waals surface area contributed by atoms with E-state index in [1.165, 1.54) is 0 Å². The van der Waals surface area contributed by atoms with Crippen molar-refractivity contribution in [1.29, 1.82) is 0 Å². The fraction of sp³-hybridized carbons (Fsp3) is 0.545. The summed E-state index contributed by atoms with van der Waals surface area (Å²) in [5.41, 5.74) is -1.70. The average molecular weight is 456 g/mol. The first-order valence-electron chi connectivity index (χ1n) is 10.3. The van der Waals surface area contributed by atoms with Crippen molar-refractivity contribution in [1.82, 2.24) is 4.90 Å². The van der Waals surface area contributed by atoms with E-state index in [1.807, 2.05) is 37.3 Å². The largest absolute Gasteiger partial charge is 0.481 e. The van der Waals surface area contributed by atoms with Gasteiger partial charge >= 0.3 is 23.9 Å². The van der Waals surface area contributed by atoms with Gasteiger partial charge in [0.2, 0.25) is 0 Å². The number of hydrogen-bond acceptors (Lipinski definition) is 7. The number of carbonyl (C=O) groups is 4. The molecule has 1 aromatic rings. The normalized spacial score (nSPS) is 11.8. The molecule has 1 aromatic carbocycles. The summed E-state index contributed by atoms with van der Waals surface area (Å²) in [6, 6.07) is 9.85. The highest BCUT2D eigenvalue weighted by Crippen LogP contribution is 2.20. The number of esters is 1. The molecule has 10 nitrogen and oxygen atoms in total. The monoisotopic (exact) mass is 455 g/mol. The molecule has 0 saturated heterocycles. The van der Waals surface area contributed by atoms with E-state index in [0.29, 0.717) is 6.61 Å². The summed E-state index contributed by atoms with van der Waals surface area (Å²) in [4.78, 5) is 44.8.